The van der Waals surface area contributed by atoms with Gasteiger partial charge in [0.25, 0.3) is 6.43 Å². The molecule has 0 aliphatic carbocycles. The number of hydrogen-bond acceptors (Lipinski definition) is 5. The molecule has 114 valence electrons. The third-order valence-electron chi connectivity index (χ3n) is 2.41. The summed E-state index contributed by atoms with van der Waals surface area (Å²) in [6.07, 6.45) is -2.51. The van der Waals surface area contributed by atoms with Gasteiger partial charge in [-0.25, -0.2) is 21.9 Å². The fraction of sp³-hybridized carbons (Fsp3) is 0.455. The number of anilines is 2. The predicted octanol–water partition coefficient (Wildman–Crippen LogP) is 0.870. The Morgan fingerprint density at radius 1 is 1.40 bits per heavy atom. The number of halogens is 2. The van der Waals surface area contributed by atoms with E-state index >= 15 is 0 Å². The first-order chi connectivity index (χ1) is 9.36. The van der Waals surface area contributed by atoms with Gasteiger partial charge in [0.15, 0.2) is 0 Å². The monoisotopic (exact) mass is 309 g/mol. The van der Waals surface area contributed by atoms with Gasteiger partial charge in [0.2, 0.25) is 10.0 Å². The zero-order valence-corrected chi connectivity index (χ0v) is 11.7. The minimum Gasteiger partial charge on any atom is -0.397 e. The highest BCUT2D eigenvalue weighted by Crippen LogP contribution is 2.22. The van der Waals surface area contributed by atoms with Gasteiger partial charge in [-0.3, -0.25) is 0 Å². The summed E-state index contributed by atoms with van der Waals surface area (Å²) >= 11 is 0. The summed E-state index contributed by atoms with van der Waals surface area (Å²) in [5.41, 5.74) is 6.46. The second kappa shape index (κ2) is 7.36. The van der Waals surface area contributed by atoms with Gasteiger partial charge in [0, 0.05) is 6.54 Å². The smallest absolute Gasteiger partial charge is 0.261 e. The van der Waals surface area contributed by atoms with Crippen molar-refractivity contribution >= 4 is 21.4 Å². The van der Waals surface area contributed by atoms with Crippen LogP contribution in [0.25, 0.3) is 0 Å². The largest absolute Gasteiger partial charge is 0.397 e. The van der Waals surface area contributed by atoms with Gasteiger partial charge in [-0.05, 0) is 25.2 Å². The summed E-state index contributed by atoms with van der Waals surface area (Å²) in [5.74, 6) is 0. The number of nitrogens with one attached hydrogen (secondary N) is 2. The van der Waals surface area contributed by atoms with Gasteiger partial charge in [-0.1, -0.05) is 0 Å². The number of benzene rings is 1. The molecule has 0 saturated carbocycles. The average molecular weight is 309 g/mol. The first-order valence-corrected chi connectivity index (χ1v) is 7.28. The molecule has 0 atom stereocenters. The Balaban J connectivity index is 2.64. The molecule has 0 radical (unpaired) electrons. The molecule has 1 aromatic rings. The molecule has 9 heteroatoms. The summed E-state index contributed by atoms with van der Waals surface area (Å²) in [6, 6.07) is 4.19. The number of rotatable bonds is 8. The van der Waals surface area contributed by atoms with Gasteiger partial charge < -0.3 is 15.8 Å². The molecule has 1 aromatic carbocycles. The van der Waals surface area contributed by atoms with E-state index in [2.05, 4.69) is 10.0 Å². The summed E-state index contributed by atoms with van der Waals surface area (Å²) in [6.45, 7) is -0.335. The van der Waals surface area contributed by atoms with E-state index in [4.69, 9.17) is 10.5 Å². The van der Waals surface area contributed by atoms with Crippen LogP contribution in [0.5, 0.6) is 0 Å². The Bertz CT molecular complexity index is 538. The van der Waals surface area contributed by atoms with Crippen molar-refractivity contribution in [2.75, 3.05) is 37.9 Å². The second-order valence-electron chi connectivity index (χ2n) is 3.85. The molecular formula is C11H17F2N3O3S. The molecule has 4 N–H and O–H groups in total. The van der Waals surface area contributed by atoms with E-state index in [1.54, 1.807) is 0 Å². The quantitative estimate of drug-likeness (QED) is 0.489. The fourth-order valence-corrected chi connectivity index (χ4v) is 2.16. The van der Waals surface area contributed by atoms with E-state index in [1.807, 2.05) is 0 Å². The molecule has 0 fully saturated rings. The fourth-order valence-electron chi connectivity index (χ4n) is 1.40. The lowest BCUT2D eigenvalue weighted by atomic mass is 10.2. The van der Waals surface area contributed by atoms with Crippen molar-refractivity contribution in [2.24, 2.45) is 0 Å². The molecule has 0 saturated heterocycles. The van der Waals surface area contributed by atoms with Gasteiger partial charge in [-0.2, -0.15) is 0 Å². The summed E-state index contributed by atoms with van der Waals surface area (Å²) in [5, 5.41) is 2.84. The molecule has 20 heavy (non-hydrogen) atoms. The van der Waals surface area contributed by atoms with Gasteiger partial charge >= 0.3 is 0 Å². The molecule has 0 unspecified atom stereocenters. The molecule has 0 aliphatic rings. The first-order valence-electron chi connectivity index (χ1n) is 5.79. The molecule has 0 aliphatic heterocycles. The number of sulfonamides is 1. The minimum absolute atomic E-state index is 0.0604. The van der Waals surface area contributed by atoms with Crippen LogP contribution in [-0.4, -0.2) is 41.6 Å². The number of ether oxygens (including phenoxy) is 1. The molecule has 0 heterocycles. The standard InChI is InChI=1S/C11H17F2N3O3S/c1-15-20(17,18)8-2-3-9(14)10(6-8)16-4-5-19-7-11(12)13/h2-3,6,11,15-16H,4-5,7,14H2,1H3. The van der Waals surface area contributed by atoms with Crippen molar-refractivity contribution in [3.8, 4) is 0 Å². The average Bonchev–Trinajstić information content (AvgIpc) is 2.39. The van der Waals surface area contributed by atoms with Gasteiger partial charge in [-0.15, -0.1) is 0 Å². The van der Waals surface area contributed by atoms with Crippen LogP contribution in [0.15, 0.2) is 23.1 Å². The topological polar surface area (TPSA) is 93.5 Å². The predicted molar refractivity (Wildman–Crippen MR) is 72.4 cm³/mol. The number of alkyl halides is 2. The molecule has 6 nitrogen and oxygen atoms in total. The molecule has 1 rings (SSSR count). The van der Waals surface area contributed by atoms with E-state index in [0.29, 0.717) is 11.4 Å². The summed E-state index contributed by atoms with van der Waals surface area (Å²) in [7, 11) is -2.26. The Morgan fingerprint density at radius 3 is 2.70 bits per heavy atom. The number of hydrogen-bond donors (Lipinski definition) is 3. The molecule has 0 amide bonds. The third-order valence-corrected chi connectivity index (χ3v) is 3.82. The van der Waals surface area contributed by atoms with Crippen LogP contribution < -0.4 is 15.8 Å². The Kier molecular flexibility index (Phi) is 6.11. The van der Waals surface area contributed by atoms with Crippen molar-refractivity contribution in [2.45, 2.75) is 11.3 Å². The van der Waals surface area contributed by atoms with Crippen molar-refractivity contribution in [3.63, 3.8) is 0 Å². The maximum atomic E-state index is 11.8. The third kappa shape index (κ3) is 4.91. The van der Waals surface area contributed by atoms with Gasteiger partial charge in [0.1, 0.15) is 6.61 Å². The van der Waals surface area contributed by atoms with Gasteiger partial charge in [0.05, 0.1) is 22.9 Å². The Morgan fingerprint density at radius 2 is 2.10 bits per heavy atom. The second-order valence-corrected chi connectivity index (χ2v) is 5.74. The number of nitrogen functional groups attached to an aromatic ring is 1. The highest BCUT2D eigenvalue weighted by molar-refractivity contribution is 7.89. The lowest BCUT2D eigenvalue weighted by Crippen LogP contribution is -2.19. The molecular weight excluding hydrogens is 292 g/mol. The zero-order chi connectivity index (χ0) is 15.2. The van der Waals surface area contributed by atoms with E-state index < -0.39 is 23.1 Å². The Hall–Kier alpha value is -1.45. The van der Waals surface area contributed by atoms with Crippen LogP contribution in [0.3, 0.4) is 0 Å². The lowest BCUT2D eigenvalue weighted by Gasteiger charge is -2.11. The number of nitrogens with two attached hydrogens (primary N) is 1. The van der Waals surface area contributed by atoms with Crippen LogP contribution in [-0.2, 0) is 14.8 Å². The highest BCUT2D eigenvalue weighted by atomic mass is 32.2. The van der Waals surface area contributed by atoms with E-state index in [1.165, 1.54) is 25.2 Å². The first kappa shape index (κ1) is 16.6. The normalized spacial score (nSPS) is 11.8. The SMILES string of the molecule is CNS(=O)(=O)c1ccc(N)c(NCCOCC(F)F)c1. The van der Waals surface area contributed by atoms with E-state index in [0.717, 1.165) is 0 Å². The Labute approximate surface area is 116 Å². The maximum absolute atomic E-state index is 11.8. The summed E-state index contributed by atoms with van der Waals surface area (Å²) in [4.78, 5) is 0.0604. The highest BCUT2D eigenvalue weighted by Gasteiger charge is 2.13. The van der Waals surface area contributed by atoms with Crippen LogP contribution in [0.4, 0.5) is 20.2 Å². The zero-order valence-electron chi connectivity index (χ0n) is 10.9. The lowest BCUT2D eigenvalue weighted by molar-refractivity contribution is 0.0215. The molecule has 0 aromatic heterocycles. The van der Waals surface area contributed by atoms with Crippen LogP contribution >= 0.6 is 0 Å². The maximum Gasteiger partial charge on any atom is 0.261 e. The van der Waals surface area contributed by atoms with Crippen LogP contribution in [0, 0.1) is 0 Å². The van der Waals surface area contributed by atoms with Crippen molar-refractivity contribution in [1.29, 1.82) is 0 Å². The van der Waals surface area contributed by atoms with Crippen LogP contribution in [0.2, 0.25) is 0 Å². The van der Waals surface area contributed by atoms with Crippen LogP contribution in [0.1, 0.15) is 0 Å². The van der Waals surface area contributed by atoms with E-state index in [9.17, 15) is 17.2 Å². The molecule has 0 spiro atoms. The molecule has 0 bridgehead atoms. The van der Waals surface area contributed by atoms with Crippen molar-refractivity contribution in [3.05, 3.63) is 18.2 Å². The van der Waals surface area contributed by atoms with Crippen molar-refractivity contribution < 1.29 is 21.9 Å². The summed E-state index contributed by atoms with van der Waals surface area (Å²) < 4.78 is 53.8. The van der Waals surface area contributed by atoms with E-state index in [-0.39, 0.29) is 18.0 Å². The minimum atomic E-state index is -3.56. The van der Waals surface area contributed by atoms with Crippen molar-refractivity contribution in [1.82, 2.24) is 4.72 Å².